The third-order valence-corrected chi connectivity index (χ3v) is 6.40. The molecule has 0 aliphatic carbocycles. The van der Waals surface area contributed by atoms with Crippen molar-refractivity contribution in [2.75, 3.05) is 24.7 Å². The predicted molar refractivity (Wildman–Crippen MR) is 96.9 cm³/mol. The van der Waals surface area contributed by atoms with E-state index < -0.39 is 20.5 Å². The SMILES string of the molecule is CS(=O)(=O)C1(C(=O)Nc2cccc(Oc3cnccn3)c2)CCNCC1. The fourth-order valence-electron chi connectivity index (χ4n) is 2.94. The van der Waals surface area contributed by atoms with Crippen LogP contribution in [-0.2, 0) is 14.6 Å². The molecule has 0 saturated carbocycles. The van der Waals surface area contributed by atoms with Crippen LogP contribution < -0.4 is 15.4 Å². The van der Waals surface area contributed by atoms with Crippen LogP contribution in [0.15, 0.2) is 42.9 Å². The summed E-state index contributed by atoms with van der Waals surface area (Å²) in [6.07, 6.45) is 6.12. The first-order valence-corrected chi connectivity index (χ1v) is 10.1. The second kappa shape index (κ2) is 7.38. The molecular weight excluding hydrogens is 356 g/mol. The van der Waals surface area contributed by atoms with Crippen molar-refractivity contribution in [2.45, 2.75) is 17.6 Å². The predicted octanol–water partition coefficient (Wildman–Crippen LogP) is 1.37. The summed E-state index contributed by atoms with van der Waals surface area (Å²) >= 11 is 0. The first kappa shape index (κ1) is 18.3. The molecule has 2 aromatic rings. The number of nitrogens with zero attached hydrogens (tertiary/aromatic N) is 2. The van der Waals surface area contributed by atoms with Crippen molar-refractivity contribution in [2.24, 2.45) is 0 Å². The van der Waals surface area contributed by atoms with Gasteiger partial charge in [-0.1, -0.05) is 6.07 Å². The smallest absolute Gasteiger partial charge is 0.245 e. The van der Waals surface area contributed by atoms with Crippen LogP contribution in [-0.4, -0.2) is 48.4 Å². The lowest BCUT2D eigenvalue weighted by Gasteiger charge is -2.34. The van der Waals surface area contributed by atoms with Gasteiger partial charge in [-0.05, 0) is 38.1 Å². The maximum atomic E-state index is 12.8. The number of sulfone groups is 1. The minimum atomic E-state index is -3.57. The van der Waals surface area contributed by atoms with Gasteiger partial charge in [0, 0.05) is 30.4 Å². The lowest BCUT2D eigenvalue weighted by Crippen LogP contribution is -2.55. The van der Waals surface area contributed by atoms with Crippen LogP contribution in [0.4, 0.5) is 5.69 Å². The van der Waals surface area contributed by atoms with E-state index >= 15 is 0 Å². The van der Waals surface area contributed by atoms with Crippen LogP contribution in [0.2, 0.25) is 0 Å². The average Bonchev–Trinajstić information content (AvgIpc) is 2.62. The monoisotopic (exact) mass is 376 g/mol. The van der Waals surface area contributed by atoms with E-state index in [4.69, 9.17) is 4.74 Å². The average molecular weight is 376 g/mol. The van der Waals surface area contributed by atoms with Crippen LogP contribution in [0.1, 0.15) is 12.8 Å². The Morgan fingerprint density at radius 3 is 2.69 bits per heavy atom. The number of anilines is 1. The van der Waals surface area contributed by atoms with Crippen molar-refractivity contribution in [3.05, 3.63) is 42.9 Å². The second-order valence-corrected chi connectivity index (χ2v) is 8.47. The molecule has 9 heteroatoms. The summed E-state index contributed by atoms with van der Waals surface area (Å²) in [4.78, 5) is 20.8. The van der Waals surface area contributed by atoms with E-state index in [-0.39, 0.29) is 12.8 Å². The van der Waals surface area contributed by atoms with E-state index in [1.54, 1.807) is 24.3 Å². The number of ether oxygens (including phenoxy) is 1. The van der Waals surface area contributed by atoms with Crippen LogP contribution in [0.25, 0.3) is 0 Å². The molecule has 26 heavy (non-hydrogen) atoms. The Kier molecular flexibility index (Phi) is 5.19. The van der Waals surface area contributed by atoms with Gasteiger partial charge in [0.05, 0.1) is 6.20 Å². The normalized spacial score (nSPS) is 16.7. The topological polar surface area (TPSA) is 110 Å². The van der Waals surface area contributed by atoms with Gasteiger partial charge in [0.1, 0.15) is 5.75 Å². The summed E-state index contributed by atoms with van der Waals surface area (Å²) in [5.74, 6) is 0.266. The van der Waals surface area contributed by atoms with Gasteiger partial charge in [-0.25, -0.2) is 13.4 Å². The molecule has 1 fully saturated rings. The summed E-state index contributed by atoms with van der Waals surface area (Å²) in [6.45, 7) is 0.965. The summed E-state index contributed by atoms with van der Waals surface area (Å²) in [6, 6.07) is 6.71. The van der Waals surface area contributed by atoms with Gasteiger partial charge >= 0.3 is 0 Å². The Hall–Kier alpha value is -2.52. The fraction of sp³-hybridized carbons (Fsp3) is 0.353. The maximum Gasteiger partial charge on any atom is 0.245 e. The van der Waals surface area contributed by atoms with Gasteiger partial charge in [-0.3, -0.25) is 9.78 Å². The highest BCUT2D eigenvalue weighted by molar-refractivity contribution is 7.92. The number of carbonyl (C=O) groups excluding carboxylic acids is 1. The highest BCUT2D eigenvalue weighted by Crippen LogP contribution is 2.30. The van der Waals surface area contributed by atoms with Gasteiger partial charge in [-0.15, -0.1) is 0 Å². The minimum Gasteiger partial charge on any atom is -0.437 e. The van der Waals surface area contributed by atoms with Gasteiger partial charge < -0.3 is 15.4 Å². The van der Waals surface area contributed by atoms with Crippen LogP contribution in [0.5, 0.6) is 11.6 Å². The van der Waals surface area contributed by atoms with Gasteiger partial charge in [0.25, 0.3) is 0 Å². The number of aromatic nitrogens is 2. The molecule has 1 aromatic carbocycles. The van der Waals surface area contributed by atoms with Crippen molar-refractivity contribution < 1.29 is 17.9 Å². The molecule has 3 rings (SSSR count). The number of nitrogens with one attached hydrogen (secondary N) is 2. The third kappa shape index (κ3) is 3.83. The summed E-state index contributed by atoms with van der Waals surface area (Å²) in [5.41, 5.74) is 0.456. The van der Waals surface area contributed by atoms with E-state index in [0.29, 0.717) is 30.4 Å². The van der Waals surface area contributed by atoms with Gasteiger partial charge in [0.2, 0.25) is 11.8 Å². The fourth-order valence-corrected chi connectivity index (χ4v) is 4.27. The quantitative estimate of drug-likeness (QED) is 0.811. The Bertz CT molecular complexity index is 881. The molecular formula is C17H20N4O4S. The van der Waals surface area contributed by atoms with Crippen molar-refractivity contribution in [1.82, 2.24) is 15.3 Å². The van der Waals surface area contributed by atoms with Crippen molar-refractivity contribution in [3.63, 3.8) is 0 Å². The van der Waals surface area contributed by atoms with Gasteiger partial charge in [-0.2, -0.15) is 0 Å². The first-order valence-electron chi connectivity index (χ1n) is 8.16. The van der Waals surface area contributed by atoms with Crippen molar-refractivity contribution in [1.29, 1.82) is 0 Å². The summed E-state index contributed by atoms with van der Waals surface area (Å²) in [7, 11) is -3.57. The molecule has 1 amide bonds. The van der Waals surface area contributed by atoms with E-state index in [1.807, 2.05) is 0 Å². The zero-order valence-corrected chi connectivity index (χ0v) is 15.1. The van der Waals surface area contributed by atoms with E-state index in [0.717, 1.165) is 6.26 Å². The highest BCUT2D eigenvalue weighted by atomic mass is 32.2. The Morgan fingerprint density at radius 2 is 2.04 bits per heavy atom. The molecule has 8 nitrogen and oxygen atoms in total. The molecule has 138 valence electrons. The molecule has 0 radical (unpaired) electrons. The summed E-state index contributed by atoms with van der Waals surface area (Å²) < 4.78 is 28.8. The van der Waals surface area contributed by atoms with Crippen LogP contribution >= 0.6 is 0 Å². The molecule has 0 bridgehead atoms. The molecule has 1 aromatic heterocycles. The third-order valence-electron chi connectivity index (χ3n) is 4.39. The number of rotatable bonds is 5. The molecule has 2 N–H and O–H groups in total. The Morgan fingerprint density at radius 1 is 1.27 bits per heavy atom. The maximum absolute atomic E-state index is 12.8. The minimum absolute atomic E-state index is 0.244. The van der Waals surface area contributed by atoms with E-state index in [1.165, 1.54) is 18.6 Å². The standard InChI is InChI=1S/C17H20N4O4S/c1-26(23,24)17(5-7-18-8-6-17)16(22)21-13-3-2-4-14(11-13)25-15-12-19-9-10-20-15/h2-4,9-12,18H,5-8H2,1H3,(H,21,22). The van der Waals surface area contributed by atoms with E-state index in [9.17, 15) is 13.2 Å². The molecule has 2 heterocycles. The van der Waals surface area contributed by atoms with Crippen molar-refractivity contribution >= 4 is 21.4 Å². The van der Waals surface area contributed by atoms with Gasteiger partial charge in [0.15, 0.2) is 14.6 Å². The number of carbonyl (C=O) groups is 1. The first-order chi connectivity index (χ1) is 12.4. The lowest BCUT2D eigenvalue weighted by atomic mass is 9.95. The van der Waals surface area contributed by atoms with E-state index in [2.05, 4.69) is 20.6 Å². The second-order valence-electron chi connectivity index (χ2n) is 6.14. The number of benzene rings is 1. The Labute approximate surface area is 151 Å². The number of hydrogen-bond donors (Lipinski definition) is 2. The molecule has 0 unspecified atom stereocenters. The molecule has 0 atom stereocenters. The Balaban J connectivity index is 1.79. The number of amides is 1. The zero-order chi connectivity index (χ0) is 18.6. The largest absolute Gasteiger partial charge is 0.437 e. The summed E-state index contributed by atoms with van der Waals surface area (Å²) in [5, 5.41) is 5.81. The number of hydrogen-bond acceptors (Lipinski definition) is 7. The van der Waals surface area contributed by atoms with Crippen LogP contribution in [0, 0.1) is 0 Å². The number of piperidine rings is 1. The lowest BCUT2D eigenvalue weighted by molar-refractivity contribution is -0.119. The van der Waals surface area contributed by atoms with Crippen LogP contribution in [0.3, 0.4) is 0 Å². The highest BCUT2D eigenvalue weighted by Gasteiger charge is 2.48. The molecule has 0 spiro atoms. The molecule has 1 saturated heterocycles. The molecule has 1 aliphatic rings. The molecule has 1 aliphatic heterocycles. The zero-order valence-electron chi connectivity index (χ0n) is 14.3. The van der Waals surface area contributed by atoms with Crippen molar-refractivity contribution in [3.8, 4) is 11.6 Å².